The molecule has 1 unspecified atom stereocenters. The number of hydrogen-bond acceptors (Lipinski definition) is 5. The molecule has 4 nitrogen and oxygen atoms in total. The van der Waals surface area contributed by atoms with Gasteiger partial charge in [-0.05, 0) is 102 Å². The maximum absolute atomic E-state index is 13.3. The highest BCUT2D eigenvalue weighted by molar-refractivity contribution is 7.08. The lowest BCUT2D eigenvalue weighted by atomic mass is 9.87. The third kappa shape index (κ3) is 8.81. The Kier molecular flexibility index (Phi) is 11.5. The van der Waals surface area contributed by atoms with E-state index >= 15 is 0 Å². The Labute approximate surface area is 288 Å². The van der Waals surface area contributed by atoms with Crippen molar-refractivity contribution >= 4 is 40.5 Å². The topological polar surface area (TPSA) is 32.8 Å². The summed E-state index contributed by atoms with van der Waals surface area (Å²) in [4.78, 5) is 18.5. The molecule has 4 aromatic rings. The van der Waals surface area contributed by atoms with Gasteiger partial charge in [0.1, 0.15) is 6.10 Å². The van der Waals surface area contributed by atoms with Crippen molar-refractivity contribution in [3.63, 3.8) is 0 Å². The van der Waals surface area contributed by atoms with Gasteiger partial charge in [-0.1, -0.05) is 89.9 Å². The van der Waals surface area contributed by atoms with E-state index in [1.165, 1.54) is 11.1 Å². The van der Waals surface area contributed by atoms with Crippen LogP contribution in [0.25, 0.3) is 0 Å². The smallest absolute Gasteiger partial charge is 0.313 e. The van der Waals surface area contributed by atoms with Gasteiger partial charge in [0.05, 0.1) is 5.92 Å². The molecule has 0 saturated carbocycles. The van der Waals surface area contributed by atoms with Gasteiger partial charge < -0.3 is 9.64 Å². The maximum atomic E-state index is 13.3. The molecule has 4 atom stereocenters. The van der Waals surface area contributed by atoms with Crippen LogP contribution < -0.4 is 0 Å². The number of thiophene rings is 1. The van der Waals surface area contributed by atoms with Gasteiger partial charge in [0.15, 0.2) is 0 Å². The number of hydrogen-bond donors (Lipinski definition) is 0. The molecule has 46 heavy (non-hydrogen) atoms. The number of piperidine rings is 1. The van der Waals surface area contributed by atoms with Crippen molar-refractivity contribution in [1.82, 2.24) is 9.80 Å². The minimum absolute atomic E-state index is 0.122. The zero-order chi connectivity index (χ0) is 31.9. The van der Waals surface area contributed by atoms with Gasteiger partial charge in [0.25, 0.3) is 0 Å². The predicted molar refractivity (Wildman–Crippen MR) is 191 cm³/mol. The highest BCUT2D eigenvalue weighted by Gasteiger charge is 2.36. The van der Waals surface area contributed by atoms with Gasteiger partial charge in [0, 0.05) is 48.6 Å². The average Bonchev–Trinajstić information content (AvgIpc) is 3.74. The number of nitrogens with zero attached hydrogens (tertiary/aromatic N) is 2. The Balaban J connectivity index is 1.06. The first kappa shape index (κ1) is 33.2. The molecule has 3 heterocycles. The van der Waals surface area contributed by atoms with E-state index in [1.54, 1.807) is 11.3 Å². The van der Waals surface area contributed by atoms with E-state index in [1.807, 2.05) is 55.5 Å². The number of likely N-dealkylation sites (tertiary alicyclic amines) is 2. The summed E-state index contributed by atoms with van der Waals surface area (Å²) >= 11 is 14.5. The quantitative estimate of drug-likeness (QED) is 0.140. The average molecular weight is 676 g/mol. The molecule has 0 radical (unpaired) electrons. The summed E-state index contributed by atoms with van der Waals surface area (Å²) in [6, 6.07) is 28.6. The van der Waals surface area contributed by atoms with Crippen LogP contribution in [0.5, 0.6) is 0 Å². The van der Waals surface area contributed by atoms with E-state index in [-0.39, 0.29) is 18.0 Å². The van der Waals surface area contributed by atoms with Gasteiger partial charge in [-0.3, -0.25) is 9.69 Å². The second-order valence-electron chi connectivity index (χ2n) is 13.2. The standard InChI is InChI=1S/C39H44Cl2N2O2S/c1-28(31-10-6-3-7-11-31)39(44)45-36(20-29-8-4-2-5-9-29)21-30-14-17-42(18-15-30)24-34-25-43(26-37(34)33-16-19-46-27-33)23-32-12-13-35(40)22-38(32)41/h2-13,16,19,22,27-28,30,34,36-37H,14-15,17-18,20-21,23-26H2,1H3/t28-,34-,36?,37+/m0/s1. The van der Waals surface area contributed by atoms with Crippen LogP contribution in [0.3, 0.4) is 0 Å². The van der Waals surface area contributed by atoms with Gasteiger partial charge in [-0.15, -0.1) is 0 Å². The lowest BCUT2D eigenvalue weighted by Crippen LogP contribution is -2.39. The van der Waals surface area contributed by atoms with E-state index in [4.69, 9.17) is 27.9 Å². The minimum atomic E-state index is -0.279. The summed E-state index contributed by atoms with van der Waals surface area (Å²) in [5, 5.41) is 5.96. The molecule has 2 aliphatic heterocycles. The molecule has 0 bridgehead atoms. The molecular formula is C39H44Cl2N2O2S. The number of carbonyl (C=O) groups excluding carboxylic acids is 1. The summed E-state index contributed by atoms with van der Waals surface area (Å²) in [5.74, 6) is 1.23. The number of benzene rings is 3. The number of carbonyl (C=O) groups is 1. The van der Waals surface area contributed by atoms with E-state index in [2.05, 4.69) is 57.0 Å². The molecule has 2 fully saturated rings. The molecule has 1 aromatic heterocycles. The summed E-state index contributed by atoms with van der Waals surface area (Å²) in [7, 11) is 0. The van der Waals surface area contributed by atoms with Crippen molar-refractivity contribution in [2.24, 2.45) is 11.8 Å². The predicted octanol–water partition coefficient (Wildman–Crippen LogP) is 9.33. The Morgan fingerprint density at radius 1 is 0.935 bits per heavy atom. The van der Waals surface area contributed by atoms with Crippen LogP contribution >= 0.6 is 34.5 Å². The van der Waals surface area contributed by atoms with Crippen molar-refractivity contribution in [2.75, 3.05) is 32.7 Å². The molecule has 0 amide bonds. The molecule has 0 N–H and O–H groups in total. The van der Waals surface area contributed by atoms with Crippen LogP contribution in [0.15, 0.2) is 95.7 Å². The van der Waals surface area contributed by atoms with E-state index in [0.717, 1.165) is 81.1 Å². The zero-order valence-corrected chi connectivity index (χ0v) is 28.9. The highest BCUT2D eigenvalue weighted by Crippen LogP contribution is 2.37. The molecular weight excluding hydrogens is 631 g/mol. The molecule has 6 rings (SSSR count). The normalized spacial score (nSPS) is 20.8. The fourth-order valence-corrected chi connectivity index (χ4v) is 8.52. The second kappa shape index (κ2) is 16.0. The maximum Gasteiger partial charge on any atom is 0.313 e. The number of halogens is 2. The molecule has 0 spiro atoms. The van der Waals surface area contributed by atoms with Crippen LogP contribution in [-0.4, -0.2) is 54.6 Å². The number of ether oxygens (including phenoxy) is 1. The number of esters is 1. The Hall–Kier alpha value is -2.67. The van der Waals surface area contributed by atoms with Gasteiger partial charge in [-0.2, -0.15) is 11.3 Å². The molecule has 242 valence electrons. The Bertz CT molecular complexity index is 1530. The third-order valence-electron chi connectivity index (χ3n) is 9.94. The summed E-state index contributed by atoms with van der Waals surface area (Å²) < 4.78 is 6.26. The van der Waals surface area contributed by atoms with E-state index in [0.29, 0.717) is 22.8 Å². The molecule has 2 saturated heterocycles. The van der Waals surface area contributed by atoms with Crippen LogP contribution in [0.2, 0.25) is 10.0 Å². The molecule has 3 aromatic carbocycles. The van der Waals surface area contributed by atoms with Crippen molar-refractivity contribution in [2.45, 2.75) is 57.1 Å². The lowest BCUT2D eigenvalue weighted by Gasteiger charge is -2.36. The largest absolute Gasteiger partial charge is 0.462 e. The molecule has 2 aliphatic rings. The van der Waals surface area contributed by atoms with Gasteiger partial charge >= 0.3 is 5.97 Å². The SMILES string of the molecule is C[C@H](C(=O)OC(Cc1ccccc1)CC1CCN(C[C@H]2CN(Cc3ccc(Cl)cc3Cl)C[C@@H]2c2ccsc2)CC1)c1ccccc1. The fraction of sp³-hybridized carbons (Fsp3) is 0.410. The first-order chi connectivity index (χ1) is 22.4. The molecule has 0 aliphatic carbocycles. The van der Waals surface area contributed by atoms with Crippen LogP contribution in [0.1, 0.15) is 60.3 Å². The highest BCUT2D eigenvalue weighted by atomic mass is 35.5. The Morgan fingerprint density at radius 2 is 1.67 bits per heavy atom. The second-order valence-corrected chi connectivity index (χ2v) is 14.8. The minimum Gasteiger partial charge on any atom is -0.462 e. The lowest BCUT2D eigenvalue weighted by molar-refractivity contribution is -0.151. The van der Waals surface area contributed by atoms with E-state index < -0.39 is 0 Å². The fourth-order valence-electron chi connectivity index (χ4n) is 7.33. The zero-order valence-electron chi connectivity index (χ0n) is 26.6. The Morgan fingerprint density at radius 3 is 2.37 bits per heavy atom. The first-order valence-corrected chi connectivity index (χ1v) is 18.3. The molecule has 7 heteroatoms. The van der Waals surface area contributed by atoms with Crippen molar-refractivity contribution in [3.05, 3.63) is 128 Å². The van der Waals surface area contributed by atoms with Gasteiger partial charge in [-0.25, -0.2) is 0 Å². The number of rotatable bonds is 12. The monoisotopic (exact) mass is 674 g/mol. The van der Waals surface area contributed by atoms with E-state index in [9.17, 15) is 4.79 Å². The van der Waals surface area contributed by atoms with Gasteiger partial charge in [0.2, 0.25) is 0 Å². The summed E-state index contributed by atoms with van der Waals surface area (Å²) in [6.07, 6.45) is 3.82. The first-order valence-electron chi connectivity index (χ1n) is 16.6. The van der Waals surface area contributed by atoms with Crippen molar-refractivity contribution in [3.8, 4) is 0 Å². The van der Waals surface area contributed by atoms with Crippen LogP contribution in [0, 0.1) is 11.8 Å². The van der Waals surface area contributed by atoms with Crippen molar-refractivity contribution in [1.29, 1.82) is 0 Å². The van der Waals surface area contributed by atoms with Crippen LogP contribution in [0.4, 0.5) is 0 Å². The van der Waals surface area contributed by atoms with Crippen LogP contribution in [-0.2, 0) is 22.5 Å². The van der Waals surface area contributed by atoms with Crippen molar-refractivity contribution < 1.29 is 9.53 Å². The summed E-state index contributed by atoms with van der Waals surface area (Å²) in [6.45, 7) is 8.20. The summed E-state index contributed by atoms with van der Waals surface area (Å²) in [5.41, 5.74) is 4.82. The third-order valence-corrected chi connectivity index (χ3v) is 11.2.